The lowest BCUT2D eigenvalue weighted by Crippen LogP contribution is -2.29. The number of nitrogens with zero attached hydrogens (tertiary/aromatic N) is 2. The van der Waals surface area contributed by atoms with E-state index in [9.17, 15) is 0 Å². The summed E-state index contributed by atoms with van der Waals surface area (Å²) in [6, 6.07) is 25.0. The lowest BCUT2D eigenvalue weighted by molar-refractivity contribution is 0.383. The summed E-state index contributed by atoms with van der Waals surface area (Å²) in [6.45, 7) is 0. The van der Waals surface area contributed by atoms with Gasteiger partial charge in [-0.15, -0.1) is 0 Å². The van der Waals surface area contributed by atoms with Gasteiger partial charge in [0.1, 0.15) is 17.6 Å². The van der Waals surface area contributed by atoms with E-state index in [2.05, 4.69) is 15.2 Å². The molecule has 0 saturated carbocycles. The second-order valence-electron chi connectivity index (χ2n) is 7.41. The van der Waals surface area contributed by atoms with Crippen LogP contribution >= 0.6 is 35.6 Å². The predicted octanol–water partition coefficient (Wildman–Crippen LogP) is 6.66. The minimum absolute atomic E-state index is 0.176. The lowest BCUT2D eigenvalue weighted by Gasteiger charge is -2.26. The van der Waals surface area contributed by atoms with Crippen LogP contribution in [-0.2, 0) is 0 Å². The van der Waals surface area contributed by atoms with Gasteiger partial charge in [0.25, 0.3) is 0 Å². The van der Waals surface area contributed by atoms with Gasteiger partial charge in [0.2, 0.25) is 0 Å². The maximum Gasteiger partial charge on any atom is 0.174 e. The van der Waals surface area contributed by atoms with Gasteiger partial charge in [-0.3, -0.25) is 4.98 Å². The van der Waals surface area contributed by atoms with E-state index in [0.717, 1.165) is 32.9 Å². The van der Waals surface area contributed by atoms with E-state index in [-0.39, 0.29) is 12.1 Å². The van der Waals surface area contributed by atoms with E-state index in [0.29, 0.717) is 10.1 Å². The van der Waals surface area contributed by atoms with Crippen molar-refractivity contribution in [3.05, 3.63) is 102 Å². The highest BCUT2D eigenvalue weighted by Gasteiger charge is 2.42. The molecule has 1 saturated heterocycles. The smallest absolute Gasteiger partial charge is 0.174 e. The van der Waals surface area contributed by atoms with Gasteiger partial charge in [-0.1, -0.05) is 35.5 Å². The standard InChI is InChI=1S/C25H20ClN3O2S2/c1-30-18-6-4-5-17(15-18)29-24(23(28-25(29)32)20-7-2-3-14-27-20)21-12-13-22(31-21)33-19-10-8-16(26)9-11-19/h2-15,23-24H,1H3,(H,28,32)/t23-,24+/m0/s1. The van der Waals surface area contributed by atoms with Gasteiger partial charge in [0, 0.05) is 27.9 Å². The van der Waals surface area contributed by atoms with E-state index in [1.54, 1.807) is 25.1 Å². The van der Waals surface area contributed by atoms with Gasteiger partial charge >= 0.3 is 0 Å². The quantitative estimate of drug-likeness (QED) is 0.301. The molecule has 3 heterocycles. The van der Waals surface area contributed by atoms with Crippen LogP contribution in [0.2, 0.25) is 5.02 Å². The monoisotopic (exact) mass is 493 g/mol. The highest BCUT2D eigenvalue weighted by molar-refractivity contribution is 7.99. The molecule has 0 spiro atoms. The molecule has 2 aromatic heterocycles. The number of hydrogen-bond acceptors (Lipinski definition) is 5. The molecular formula is C25H20ClN3O2S2. The second-order valence-corrected chi connectivity index (χ2v) is 9.31. The summed E-state index contributed by atoms with van der Waals surface area (Å²) in [4.78, 5) is 7.69. The SMILES string of the molecule is COc1cccc(N2C(=S)N[C@@H](c3ccccn3)[C@H]2c2ccc(Sc3ccc(Cl)cc3)o2)c1. The Bertz CT molecular complexity index is 1260. The first-order valence-corrected chi connectivity index (χ1v) is 11.9. The normalized spacial score (nSPS) is 17.8. The van der Waals surface area contributed by atoms with Crippen LogP contribution in [0.4, 0.5) is 5.69 Å². The molecule has 0 bridgehead atoms. The number of halogens is 1. The number of pyridine rings is 1. The molecular weight excluding hydrogens is 474 g/mol. The minimum atomic E-state index is -0.223. The fourth-order valence-electron chi connectivity index (χ4n) is 3.85. The van der Waals surface area contributed by atoms with Crippen molar-refractivity contribution in [3.63, 3.8) is 0 Å². The number of ether oxygens (including phenoxy) is 1. The van der Waals surface area contributed by atoms with E-state index in [1.807, 2.05) is 78.9 Å². The van der Waals surface area contributed by atoms with Crippen LogP contribution in [0.5, 0.6) is 5.75 Å². The van der Waals surface area contributed by atoms with Crippen LogP contribution in [0.25, 0.3) is 0 Å². The predicted molar refractivity (Wildman–Crippen MR) is 135 cm³/mol. The molecule has 166 valence electrons. The third-order valence-electron chi connectivity index (χ3n) is 5.36. The van der Waals surface area contributed by atoms with Gasteiger partial charge in [0.15, 0.2) is 10.2 Å². The van der Waals surface area contributed by atoms with Gasteiger partial charge in [-0.25, -0.2) is 0 Å². The Morgan fingerprint density at radius 1 is 1.06 bits per heavy atom. The summed E-state index contributed by atoms with van der Waals surface area (Å²) in [7, 11) is 1.65. The Kier molecular flexibility index (Phi) is 6.26. The summed E-state index contributed by atoms with van der Waals surface area (Å²) in [5, 5.41) is 5.54. The van der Waals surface area contributed by atoms with Gasteiger partial charge in [0.05, 0.1) is 18.8 Å². The molecule has 1 fully saturated rings. The number of furan rings is 1. The largest absolute Gasteiger partial charge is 0.497 e. The summed E-state index contributed by atoms with van der Waals surface area (Å²) in [5.74, 6) is 1.55. The molecule has 0 amide bonds. The molecule has 1 aliphatic rings. The summed E-state index contributed by atoms with van der Waals surface area (Å²) in [6.07, 6.45) is 1.79. The van der Waals surface area contributed by atoms with Crippen LogP contribution in [-0.4, -0.2) is 17.2 Å². The summed E-state index contributed by atoms with van der Waals surface area (Å²) >= 11 is 13.3. The zero-order valence-electron chi connectivity index (χ0n) is 17.6. The number of benzene rings is 2. The number of aromatic nitrogens is 1. The third-order valence-corrected chi connectivity index (χ3v) is 6.85. The molecule has 0 unspecified atom stereocenters. The average Bonchev–Trinajstić information content (AvgIpc) is 3.45. The Morgan fingerprint density at radius 2 is 1.91 bits per heavy atom. The van der Waals surface area contributed by atoms with Crippen LogP contribution in [0, 0.1) is 0 Å². The molecule has 2 atom stereocenters. The first-order valence-electron chi connectivity index (χ1n) is 10.3. The zero-order chi connectivity index (χ0) is 22.8. The first-order chi connectivity index (χ1) is 16.1. The minimum Gasteiger partial charge on any atom is -0.497 e. The van der Waals surface area contributed by atoms with Crippen molar-refractivity contribution in [2.45, 2.75) is 22.1 Å². The lowest BCUT2D eigenvalue weighted by atomic mass is 10.0. The Hall–Kier alpha value is -3.00. The van der Waals surface area contributed by atoms with E-state index in [1.165, 1.54) is 0 Å². The third kappa shape index (κ3) is 4.57. The highest BCUT2D eigenvalue weighted by Crippen LogP contribution is 2.44. The molecule has 8 heteroatoms. The van der Waals surface area contributed by atoms with Crippen LogP contribution in [0.3, 0.4) is 0 Å². The van der Waals surface area contributed by atoms with Crippen molar-refractivity contribution in [2.24, 2.45) is 0 Å². The number of rotatable bonds is 6. The summed E-state index contributed by atoms with van der Waals surface area (Å²) in [5.41, 5.74) is 1.80. The highest BCUT2D eigenvalue weighted by atomic mass is 35.5. The molecule has 0 radical (unpaired) electrons. The van der Waals surface area contributed by atoms with Crippen molar-refractivity contribution in [3.8, 4) is 5.75 Å². The van der Waals surface area contributed by atoms with Crippen molar-refractivity contribution in [2.75, 3.05) is 12.0 Å². The first kappa shape index (κ1) is 21.8. The van der Waals surface area contributed by atoms with Crippen LogP contribution in [0.15, 0.2) is 99.5 Å². The van der Waals surface area contributed by atoms with Crippen LogP contribution < -0.4 is 15.0 Å². The Balaban J connectivity index is 1.53. The number of methoxy groups -OCH3 is 1. The second kappa shape index (κ2) is 9.47. The van der Waals surface area contributed by atoms with E-state index < -0.39 is 0 Å². The fraction of sp³-hybridized carbons (Fsp3) is 0.120. The van der Waals surface area contributed by atoms with Crippen molar-refractivity contribution in [1.29, 1.82) is 0 Å². The Morgan fingerprint density at radius 3 is 2.67 bits per heavy atom. The van der Waals surface area contributed by atoms with E-state index >= 15 is 0 Å². The molecule has 1 aliphatic heterocycles. The fourth-order valence-corrected chi connectivity index (χ4v) is 5.10. The maximum atomic E-state index is 6.34. The number of nitrogens with one attached hydrogen (secondary N) is 1. The van der Waals surface area contributed by atoms with Crippen molar-refractivity contribution < 1.29 is 9.15 Å². The molecule has 5 rings (SSSR count). The van der Waals surface area contributed by atoms with Crippen molar-refractivity contribution in [1.82, 2.24) is 10.3 Å². The average molecular weight is 494 g/mol. The number of hydrogen-bond donors (Lipinski definition) is 1. The molecule has 0 aliphatic carbocycles. The molecule has 4 aromatic rings. The zero-order valence-corrected chi connectivity index (χ0v) is 20.0. The molecule has 33 heavy (non-hydrogen) atoms. The summed E-state index contributed by atoms with van der Waals surface area (Å²) < 4.78 is 11.8. The van der Waals surface area contributed by atoms with Crippen molar-refractivity contribution >= 4 is 46.4 Å². The topological polar surface area (TPSA) is 50.5 Å². The molecule has 1 N–H and O–H groups in total. The van der Waals surface area contributed by atoms with Gasteiger partial charge in [-0.05, 0) is 72.9 Å². The molecule has 5 nitrogen and oxygen atoms in total. The van der Waals surface area contributed by atoms with Gasteiger partial charge < -0.3 is 19.4 Å². The van der Waals surface area contributed by atoms with Crippen LogP contribution in [0.1, 0.15) is 23.5 Å². The Labute approximate surface area is 206 Å². The maximum absolute atomic E-state index is 6.34. The van der Waals surface area contributed by atoms with E-state index in [4.69, 9.17) is 33.0 Å². The molecule has 2 aromatic carbocycles. The van der Waals surface area contributed by atoms with Gasteiger partial charge in [-0.2, -0.15) is 0 Å². The number of anilines is 1. The number of thiocarbonyl (C=S) groups is 1.